The first-order valence-corrected chi connectivity index (χ1v) is 7.64. The standard InChI is InChI=1S/C19H18FNO5/c1-24-16-9-3-13(17(11-16)25-2)4-10-19(23)26-12-18(22)21-15-7-5-14(20)6-8-15/h3-11H,12H2,1-2H3,(H,21,22)/b10-4+. The summed E-state index contributed by atoms with van der Waals surface area (Å²) in [4.78, 5) is 23.4. The highest BCUT2D eigenvalue weighted by Crippen LogP contribution is 2.25. The number of ether oxygens (including phenoxy) is 3. The summed E-state index contributed by atoms with van der Waals surface area (Å²) in [5.41, 5.74) is 1.06. The average Bonchev–Trinajstić information content (AvgIpc) is 2.66. The van der Waals surface area contributed by atoms with Crippen LogP contribution in [-0.2, 0) is 14.3 Å². The fraction of sp³-hybridized carbons (Fsp3) is 0.158. The van der Waals surface area contributed by atoms with Crippen LogP contribution in [0.4, 0.5) is 10.1 Å². The van der Waals surface area contributed by atoms with Crippen LogP contribution in [0, 0.1) is 5.82 Å². The van der Waals surface area contributed by atoms with Crippen LogP contribution in [0.15, 0.2) is 48.5 Å². The van der Waals surface area contributed by atoms with Crippen molar-refractivity contribution in [2.45, 2.75) is 0 Å². The molecule has 2 aromatic rings. The Morgan fingerprint density at radius 3 is 2.46 bits per heavy atom. The topological polar surface area (TPSA) is 73.9 Å². The maximum absolute atomic E-state index is 12.8. The molecule has 0 spiro atoms. The smallest absolute Gasteiger partial charge is 0.331 e. The highest BCUT2D eigenvalue weighted by Gasteiger charge is 2.07. The summed E-state index contributed by atoms with van der Waals surface area (Å²) in [6.45, 7) is -0.458. The lowest BCUT2D eigenvalue weighted by Gasteiger charge is -2.07. The van der Waals surface area contributed by atoms with Crippen molar-refractivity contribution in [2.24, 2.45) is 0 Å². The summed E-state index contributed by atoms with van der Waals surface area (Å²) < 4.78 is 28.0. The second kappa shape index (κ2) is 9.22. The molecule has 136 valence electrons. The molecule has 0 aliphatic heterocycles. The van der Waals surface area contributed by atoms with Gasteiger partial charge in [-0.2, -0.15) is 0 Å². The number of amides is 1. The van der Waals surface area contributed by atoms with Gasteiger partial charge in [-0.1, -0.05) is 0 Å². The number of carbonyl (C=O) groups excluding carboxylic acids is 2. The number of rotatable bonds is 7. The minimum absolute atomic E-state index is 0.408. The van der Waals surface area contributed by atoms with Crippen molar-refractivity contribution in [2.75, 3.05) is 26.1 Å². The number of hydrogen-bond acceptors (Lipinski definition) is 5. The average molecular weight is 359 g/mol. The van der Waals surface area contributed by atoms with Gasteiger partial charge in [0, 0.05) is 23.4 Å². The maximum atomic E-state index is 12.8. The molecule has 0 aliphatic carbocycles. The lowest BCUT2D eigenvalue weighted by molar-refractivity contribution is -0.142. The minimum atomic E-state index is -0.683. The Labute approximate surface area is 150 Å². The first-order chi connectivity index (χ1) is 12.5. The van der Waals surface area contributed by atoms with Gasteiger partial charge in [-0.3, -0.25) is 4.79 Å². The number of esters is 1. The number of anilines is 1. The SMILES string of the molecule is COc1ccc(/C=C/C(=O)OCC(=O)Nc2ccc(F)cc2)c(OC)c1. The van der Waals surface area contributed by atoms with Gasteiger partial charge >= 0.3 is 5.97 Å². The van der Waals surface area contributed by atoms with Gasteiger partial charge in [-0.15, -0.1) is 0 Å². The van der Waals surface area contributed by atoms with Crippen molar-refractivity contribution in [3.05, 3.63) is 59.9 Å². The molecule has 0 aromatic heterocycles. The van der Waals surface area contributed by atoms with Crippen LogP contribution < -0.4 is 14.8 Å². The van der Waals surface area contributed by atoms with Gasteiger partial charge in [-0.25, -0.2) is 9.18 Å². The van der Waals surface area contributed by atoms with Gasteiger partial charge in [0.15, 0.2) is 6.61 Å². The normalized spacial score (nSPS) is 10.4. The van der Waals surface area contributed by atoms with Gasteiger partial charge in [0.25, 0.3) is 5.91 Å². The second-order valence-electron chi connectivity index (χ2n) is 5.10. The molecule has 0 atom stereocenters. The first kappa shape index (κ1) is 19.0. The van der Waals surface area contributed by atoms with Crippen molar-refractivity contribution >= 4 is 23.6 Å². The van der Waals surface area contributed by atoms with Crippen molar-refractivity contribution in [1.29, 1.82) is 0 Å². The van der Waals surface area contributed by atoms with E-state index in [1.807, 2.05) is 0 Å². The monoisotopic (exact) mass is 359 g/mol. The zero-order chi connectivity index (χ0) is 18.9. The molecule has 0 aliphatic rings. The predicted molar refractivity (Wildman–Crippen MR) is 94.6 cm³/mol. The van der Waals surface area contributed by atoms with Gasteiger partial charge in [0.1, 0.15) is 17.3 Å². The summed E-state index contributed by atoms with van der Waals surface area (Å²) in [6, 6.07) is 10.4. The van der Waals surface area contributed by atoms with E-state index in [4.69, 9.17) is 14.2 Å². The van der Waals surface area contributed by atoms with E-state index in [0.29, 0.717) is 22.7 Å². The molecule has 0 fully saturated rings. The van der Waals surface area contributed by atoms with Crippen molar-refractivity contribution in [3.8, 4) is 11.5 Å². The fourth-order valence-corrected chi connectivity index (χ4v) is 2.03. The van der Waals surface area contributed by atoms with Crippen LogP contribution in [0.5, 0.6) is 11.5 Å². The van der Waals surface area contributed by atoms with Gasteiger partial charge < -0.3 is 19.5 Å². The summed E-state index contributed by atoms with van der Waals surface area (Å²) in [5.74, 6) is -0.465. The number of benzene rings is 2. The molecular formula is C19H18FNO5. The molecule has 0 radical (unpaired) electrons. The summed E-state index contributed by atoms with van der Waals surface area (Å²) in [7, 11) is 3.04. The second-order valence-corrected chi connectivity index (χ2v) is 5.10. The van der Waals surface area contributed by atoms with E-state index in [9.17, 15) is 14.0 Å². The van der Waals surface area contributed by atoms with E-state index in [1.54, 1.807) is 25.3 Å². The highest BCUT2D eigenvalue weighted by molar-refractivity contribution is 5.94. The third-order valence-electron chi connectivity index (χ3n) is 3.31. The van der Waals surface area contributed by atoms with Crippen LogP contribution in [0.3, 0.4) is 0 Å². The maximum Gasteiger partial charge on any atom is 0.331 e. The molecule has 26 heavy (non-hydrogen) atoms. The first-order valence-electron chi connectivity index (χ1n) is 7.64. The molecular weight excluding hydrogens is 341 g/mol. The molecule has 0 heterocycles. The largest absolute Gasteiger partial charge is 0.497 e. The van der Waals surface area contributed by atoms with Gasteiger partial charge in [0.05, 0.1) is 14.2 Å². The van der Waals surface area contributed by atoms with Crippen LogP contribution in [0.2, 0.25) is 0 Å². The minimum Gasteiger partial charge on any atom is -0.497 e. The number of hydrogen-bond donors (Lipinski definition) is 1. The van der Waals surface area contributed by atoms with E-state index in [1.165, 1.54) is 43.5 Å². The Hall–Kier alpha value is -3.35. The molecule has 7 heteroatoms. The van der Waals surface area contributed by atoms with E-state index in [2.05, 4.69) is 5.32 Å². The number of methoxy groups -OCH3 is 2. The van der Waals surface area contributed by atoms with E-state index in [0.717, 1.165) is 0 Å². The molecule has 0 unspecified atom stereocenters. The van der Waals surface area contributed by atoms with Crippen LogP contribution in [-0.4, -0.2) is 32.7 Å². The summed E-state index contributed by atoms with van der Waals surface area (Å²) in [6.07, 6.45) is 2.70. The zero-order valence-electron chi connectivity index (χ0n) is 14.3. The van der Waals surface area contributed by atoms with Gasteiger partial charge in [0.2, 0.25) is 0 Å². The molecule has 0 saturated carbocycles. The van der Waals surface area contributed by atoms with Crippen LogP contribution in [0.1, 0.15) is 5.56 Å². The molecule has 1 N–H and O–H groups in total. The Balaban J connectivity index is 1.87. The Morgan fingerprint density at radius 2 is 1.81 bits per heavy atom. The van der Waals surface area contributed by atoms with Crippen molar-refractivity contribution in [3.63, 3.8) is 0 Å². The number of carbonyl (C=O) groups is 2. The van der Waals surface area contributed by atoms with Crippen LogP contribution in [0.25, 0.3) is 6.08 Å². The quantitative estimate of drug-likeness (QED) is 0.608. The molecule has 2 rings (SSSR count). The molecule has 0 bridgehead atoms. The number of nitrogens with one attached hydrogen (secondary N) is 1. The van der Waals surface area contributed by atoms with E-state index in [-0.39, 0.29) is 0 Å². The van der Waals surface area contributed by atoms with E-state index < -0.39 is 24.3 Å². The van der Waals surface area contributed by atoms with Gasteiger partial charge in [-0.05, 0) is 42.5 Å². The molecule has 1 amide bonds. The lowest BCUT2D eigenvalue weighted by Crippen LogP contribution is -2.20. The van der Waals surface area contributed by atoms with Crippen molar-refractivity contribution in [1.82, 2.24) is 0 Å². The Morgan fingerprint density at radius 1 is 1.08 bits per heavy atom. The Kier molecular flexibility index (Phi) is 6.73. The molecule has 0 saturated heterocycles. The predicted octanol–water partition coefficient (Wildman–Crippen LogP) is 3.04. The zero-order valence-corrected chi connectivity index (χ0v) is 14.3. The fourth-order valence-electron chi connectivity index (χ4n) is 2.03. The Bertz CT molecular complexity index is 802. The third kappa shape index (κ3) is 5.62. The molecule has 2 aromatic carbocycles. The summed E-state index contributed by atoms with van der Waals surface area (Å²) in [5, 5.41) is 2.49. The molecule has 6 nitrogen and oxygen atoms in total. The summed E-state index contributed by atoms with van der Waals surface area (Å²) >= 11 is 0. The lowest BCUT2D eigenvalue weighted by atomic mass is 10.2. The van der Waals surface area contributed by atoms with Crippen molar-refractivity contribution < 1.29 is 28.2 Å². The van der Waals surface area contributed by atoms with E-state index >= 15 is 0 Å². The number of halogens is 1. The third-order valence-corrected chi connectivity index (χ3v) is 3.31. The van der Waals surface area contributed by atoms with Crippen LogP contribution >= 0.6 is 0 Å². The highest BCUT2D eigenvalue weighted by atomic mass is 19.1.